The molecule has 4 heteroatoms. The van der Waals surface area contributed by atoms with Crippen LogP contribution in [0.4, 0.5) is 0 Å². The van der Waals surface area contributed by atoms with Gasteiger partial charge >= 0.3 is 5.97 Å². The fourth-order valence-corrected chi connectivity index (χ4v) is 2.08. The molecule has 0 aliphatic heterocycles. The average molecular weight is 223 g/mol. The van der Waals surface area contributed by atoms with Gasteiger partial charge in [0, 0.05) is 11.9 Å². The lowest BCUT2D eigenvalue weighted by molar-refractivity contribution is 0.0692. The summed E-state index contributed by atoms with van der Waals surface area (Å²) in [5, 5.41) is 9.48. The SMILES string of the molecule is C=C(C)CCSc1ncccc1C(=O)O. The second-order valence-electron chi connectivity index (χ2n) is 3.22. The zero-order chi connectivity index (χ0) is 11.3. The maximum absolute atomic E-state index is 10.8. The molecule has 0 atom stereocenters. The monoisotopic (exact) mass is 223 g/mol. The molecule has 0 aliphatic rings. The Labute approximate surface area is 93.2 Å². The summed E-state index contributed by atoms with van der Waals surface area (Å²) < 4.78 is 0. The van der Waals surface area contributed by atoms with Gasteiger partial charge in [-0.1, -0.05) is 5.57 Å². The second kappa shape index (κ2) is 5.56. The summed E-state index contributed by atoms with van der Waals surface area (Å²) in [7, 11) is 0. The highest BCUT2D eigenvalue weighted by atomic mass is 32.2. The molecule has 0 aromatic carbocycles. The summed E-state index contributed by atoms with van der Waals surface area (Å²) in [6.45, 7) is 5.75. The minimum atomic E-state index is -0.930. The normalized spacial score (nSPS) is 9.93. The number of nitrogens with zero attached hydrogens (tertiary/aromatic N) is 1. The molecular weight excluding hydrogens is 210 g/mol. The fraction of sp³-hybridized carbons (Fsp3) is 0.273. The third-order valence-corrected chi connectivity index (χ3v) is 2.78. The van der Waals surface area contributed by atoms with Crippen LogP contribution in [0.1, 0.15) is 23.7 Å². The van der Waals surface area contributed by atoms with Crippen LogP contribution in [0.2, 0.25) is 0 Å². The molecule has 0 bridgehead atoms. The Balaban J connectivity index is 2.67. The Bertz CT molecular complexity index is 377. The van der Waals surface area contributed by atoms with E-state index in [1.807, 2.05) is 6.92 Å². The molecule has 0 aliphatic carbocycles. The molecule has 1 rings (SSSR count). The number of carboxylic acids is 1. The van der Waals surface area contributed by atoms with Crippen molar-refractivity contribution < 1.29 is 9.90 Å². The van der Waals surface area contributed by atoms with Crippen molar-refractivity contribution in [3.05, 3.63) is 36.0 Å². The van der Waals surface area contributed by atoms with Crippen LogP contribution >= 0.6 is 11.8 Å². The largest absolute Gasteiger partial charge is 0.478 e. The molecule has 0 saturated carbocycles. The highest BCUT2D eigenvalue weighted by molar-refractivity contribution is 7.99. The fourth-order valence-electron chi connectivity index (χ4n) is 0.991. The zero-order valence-electron chi connectivity index (χ0n) is 8.56. The van der Waals surface area contributed by atoms with Crippen molar-refractivity contribution >= 4 is 17.7 Å². The van der Waals surface area contributed by atoms with Crippen molar-refractivity contribution in [1.29, 1.82) is 0 Å². The van der Waals surface area contributed by atoms with Gasteiger partial charge in [-0.3, -0.25) is 0 Å². The number of carbonyl (C=O) groups is 1. The Morgan fingerprint density at radius 3 is 3.00 bits per heavy atom. The van der Waals surface area contributed by atoms with E-state index < -0.39 is 5.97 Å². The van der Waals surface area contributed by atoms with Gasteiger partial charge in [-0.05, 0) is 25.5 Å². The van der Waals surface area contributed by atoms with Gasteiger partial charge in [-0.15, -0.1) is 18.3 Å². The number of thioether (sulfide) groups is 1. The van der Waals surface area contributed by atoms with E-state index in [0.717, 1.165) is 17.7 Å². The van der Waals surface area contributed by atoms with E-state index in [2.05, 4.69) is 11.6 Å². The maximum atomic E-state index is 10.8. The number of allylic oxidation sites excluding steroid dienone is 1. The minimum Gasteiger partial charge on any atom is -0.478 e. The van der Waals surface area contributed by atoms with Crippen molar-refractivity contribution in [2.75, 3.05) is 5.75 Å². The number of pyridine rings is 1. The molecule has 0 spiro atoms. The first-order valence-corrected chi connectivity index (χ1v) is 5.55. The number of aromatic carboxylic acids is 1. The number of hydrogen-bond donors (Lipinski definition) is 1. The molecule has 1 aromatic heterocycles. The molecule has 1 aromatic rings. The first-order valence-electron chi connectivity index (χ1n) is 4.56. The Morgan fingerprint density at radius 1 is 1.67 bits per heavy atom. The number of hydrogen-bond acceptors (Lipinski definition) is 3. The van der Waals surface area contributed by atoms with E-state index in [1.165, 1.54) is 11.8 Å². The van der Waals surface area contributed by atoms with Crippen LogP contribution in [0.5, 0.6) is 0 Å². The van der Waals surface area contributed by atoms with Gasteiger partial charge in [0.1, 0.15) is 5.03 Å². The predicted molar refractivity (Wildman–Crippen MR) is 61.4 cm³/mol. The van der Waals surface area contributed by atoms with Crippen LogP contribution in [0.25, 0.3) is 0 Å². The van der Waals surface area contributed by atoms with Gasteiger partial charge < -0.3 is 5.11 Å². The Kier molecular flexibility index (Phi) is 4.37. The highest BCUT2D eigenvalue weighted by Gasteiger charge is 2.10. The molecule has 1 heterocycles. The van der Waals surface area contributed by atoms with Crippen LogP contribution in [0, 0.1) is 0 Å². The summed E-state index contributed by atoms with van der Waals surface area (Å²) in [6, 6.07) is 3.20. The van der Waals surface area contributed by atoms with E-state index in [1.54, 1.807) is 18.3 Å². The lowest BCUT2D eigenvalue weighted by Crippen LogP contribution is -2.00. The predicted octanol–water partition coefficient (Wildman–Crippen LogP) is 2.84. The maximum Gasteiger partial charge on any atom is 0.338 e. The summed E-state index contributed by atoms with van der Waals surface area (Å²) in [5.74, 6) is -0.118. The average Bonchev–Trinajstić information content (AvgIpc) is 2.17. The first-order chi connectivity index (χ1) is 7.11. The van der Waals surface area contributed by atoms with E-state index in [9.17, 15) is 4.79 Å². The topological polar surface area (TPSA) is 50.2 Å². The number of rotatable bonds is 5. The molecule has 3 nitrogen and oxygen atoms in total. The van der Waals surface area contributed by atoms with E-state index in [-0.39, 0.29) is 5.56 Å². The molecule has 15 heavy (non-hydrogen) atoms. The van der Waals surface area contributed by atoms with Crippen molar-refractivity contribution in [3.8, 4) is 0 Å². The third kappa shape index (κ3) is 3.75. The van der Waals surface area contributed by atoms with Crippen LogP contribution in [0.3, 0.4) is 0 Å². The standard InChI is InChI=1S/C11H13NO2S/c1-8(2)5-7-15-10-9(11(13)14)4-3-6-12-10/h3-4,6H,1,5,7H2,2H3,(H,13,14). The van der Waals surface area contributed by atoms with Gasteiger partial charge in [0.15, 0.2) is 0 Å². The summed E-state index contributed by atoms with van der Waals surface area (Å²) in [6.07, 6.45) is 2.48. The van der Waals surface area contributed by atoms with Crippen molar-refractivity contribution in [2.24, 2.45) is 0 Å². The van der Waals surface area contributed by atoms with Crippen LogP contribution < -0.4 is 0 Å². The summed E-state index contributed by atoms with van der Waals surface area (Å²) >= 11 is 1.45. The van der Waals surface area contributed by atoms with Crippen LogP contribution in [-0.2, 0) is 0 Å². The molecule has 0 fully saturated rings. The first kappa shape index (κ1) is 11.8. The minimum absolute atomic E-state index is 0.268. The third-order valence-electron chi connectivity index (χ3n) is 1.77. The van der Waals surface area contributed by atoms with E-state index in [4.69, 9.17) is 5.11 Å². The number of aromatic nitrogens is 1. The van der Waals surface area contributed by atoms with Crippen molar-refractivity contribution in [1.82, 2.24) is 4.98 Å². The summed E-state index contributed by atoms with van der Waals surface area (Å²) in [4.78, 5) is 14.9. The van der Waals surface area contributed by atoms with Gasteiger partial charge in [-0.25, -0.2) is 9.78 Å². The van der Waals surface area contributed by atoms with Crippen molar-refractivity contribution in [3.63, 3.8) is 0 Å². The number of carboxylic acid groups (broad SMARTS) is 1. The smallest absolute Gasteiger partial charge is 0.338 e. The van der Waals surface area contributed by atoms with Crippen LogP contribution in [-0.4, -0.2) is 21.8 Å². The highest BCUT2D eigenvalue weighted by Crippen LogP contribution is 2.21. The van der Waals surface area contributed by atoms with Gasteiger partial charge in [0.25, 0.3) is 0 Å². The molecule has 0 radical (unpaired) electrons. The Morgan fingerprint density at radius 2 is 2.40 bits per heavy atom. The molecule has 0 amide bonds. The lowest BCUT2D eigenvalue weighted by atomic mass is 10.3. The molecule has 0 unspecified atom stereocenters. The molecule has 1 N–H and O–H groups in total. The second-order valence-corrected chi connectivity index (χ2v) is 4.30. The van der Waals surface area contributed by atoms with Gasteiger partial charge in [0.05, 0.1) is 5.56 Å². The quantitative estimate of drug-likeness (QED) is 0.616. The van der Waals surface area contributed by atoms with Crippen LogP contribution in [0.15, 0.2) is 35.5 Å². The zero-order valence-corrected chi connectivity index (χ0v) is 9.38. The summed E-state index contributed by atoms with van der Waals surface area (Å²) in [5.41, 5.74) is 1.36. The Hall–Kier alpha value is -1.29. The molecular formula is C11H13NO2S. The van der Waals surface area contributed by atoms with E-state index >= 15 is 0 Å². The van der Waals surface area contributed by atoms with E-state index in [0.29, 0.717) is 5.03 Å². The van der Waals surface area contributed by atoms with Crippen molar-refractivity contribution in [2.45, 2.75) is 18.4 Å². The molecule has 80 valence electrons. The molecule has 0 saturated heterocycles. The van der Waals surface area contributed by atoms with Gasteiger partial charge in [0.2, 0.25) is 0 Å². The lowest BCUT2D eigenvalue weighted by Gasteiger charge is -2.03. The van der Waals surface area contributed by atoms with Gasteiger partial charge in [-0.2, -0.15) is 0 Å².